The van der Waals surface area contributed by atoms with Gasteiger partial charge in [0.25, 0.3) is 0 Å². The zero-order chi connectivity index (χ0) is 10.6. The maximum Gasteiger partial charge on any atom is 0.241 e. The summed E-state index contributed by atoms with van der Waals surface area (Å²) in [5.41, 5.74) is 5.26. The Morgan fingerprint density at radius 3 is 3.07 bits per heavy atom. The lowest BCUT2D eigenvalue weighted by molar-refractivity contribution is -0.122. The van der Waals surface area contributed by atoms with E-state index in [1.807, 2.05) is 0 Å². The quantitative estimate of drug-likeness (QED) is 0.539. The van der Waals surface area contributed by atoms with E-state index >= 15 is 0 Å². The first kappa shape index (κ1) is 10.5. The van der Waals surface area contributed by atoms with Crippen LogP contribution in [0.5, 0.6) is 0 Å². The van der Waals surface area contributed by atoms with Crippen molar-refractivity contribution in [3.63, 3.8) is 0 Å². The third-order valence-corrected chi connectivity index (χ3v) is 1.45. The Bertz CT molecular complexity index is 309. The van der Waals surface area contributed by atoms with Crippen LogP contribution in [-0.2, 0) is 11.3 Å². The summed E-state index contributed by atoms with van der Waals surface area (Å²) in [6, 6.07) is 0. The Labute approximate surface area is 80.9 Å². The molecular weight excluding hydrogens is 186 g/mol. The molecule has 0 aliphatic heterocycles. The van der Waals surface area contributed by atoms with Crippen molar-refractivity contribution >= 4 is 11.9 Å². The number of aromatic nitrogens is 3. The SMILES string of the molecule is CC(O)CNC(=O)Cn1cnc(N)n1. The molecule has 78 valence electrons. The number of aliphatic hydroxyl groups excluding tert-OH is 1. The summed E-state index contributed by atoms with van der Waals surface area (Å²) >= 11 is 0. The number of rotatable bonds is 4. The molecule has 1 unspecified atom stereocenters. The topological polar surface area (TPSA) is 106 Å². The van der Waals surface area contributed by atoms with Gasteiger partial charge in [-0.2, -0.15) is 0 Å². The number of aliphatic hydroxyl groups is 1. The number of nitrogens with two attached hydrogens (primary N) is 1. The number of nitrogens with one attached hydrogen (secondary N) is 1. The molecular formula is C7H13N5O2. The van der Waals surface area contributed by atoms with E-state index in [4.69, 9.17) is 10.8 Å². The monoisotopic (exact) mass is 199 g/mol. The lowest BCUT2D eigenvalue weighted by Crippen LogP contribution is -2.33. The number of nitrogens with zero attached hydrogens (tertiary/aromatic N) is 3. The van der Waals surface area contributed by atoms with E-state index in [1.165, 1.54) is 11.0 Å². The van der Waals surface area contributed by atoms with Crippen LogP contribution in [0.1, 0.15) is 6.92 Å². The van der Waals surface area contributed by atoms with Crippen molar-refractivity contribution in [2.45, 2.75) is 19.6 Å². The molecule has 7 heteroatoms. The van der Waals surface area contributed by atoms with E-state index in [0.29, 0.717) is 0 Å². The number of carbonyl (C=O) groups excluding carboxylic acids is 1. The van der Waals surface area contributed by atoms with Crippen LogP contribution in [0.4, 0.5) is 5.95 Å². The van der Waals surface area contributed by atoms with Gasteiger partial charge in [-0.15, -0.1) is 5.10 Å². The summed E-state index contributed by atoms with van der Waals surface area (Å²) in [5, 5.41) is 15.2. The standard InChI is InChI=1S/C7H13N5O2/c1-5(13)2-9-6(14)3-12-4-10-7(8)11-12/h4-5,13H,2-3H2,1H3,(H2,8,11)(H,9,14). The van der Waals surface area contributed by atoms with E-state index < -0.39 is 6.10 Å². The van der Waals surface area contributed by atoms with Crippen LogP contribution in [-0.4, -0.2) is 38.4 Å². The number of hydrogen-bond acceptors (Lipinski definition) is 5. The van der Waals surface area contributed by atoms with Crippen molar-refractivity contribution in [1.82, 2.24) is 20.1 Å². The zero-order valence-corrected chi connectivity index (χ0v) is 7.84. The molecule has 1 aromatic heterocycles. The van der Waals surface area contributed by atoms with Gasteiger partial charge in [-0.3, -0.25) is 4.79 Å². The molecule has 0 spiro atoms. The van der Waals surface area contributed by atoms with Gasteiger partial charge >= 0.3 is 0 Å². The maximum atomic E-state index is 11.2. The number of amides is 1. The highest BCUT2D eigenvalue weighted by Crippen LogP contribution is 1.88. The lowest BCUT2D eigenvalue weighted by Gasteiger charge is -2.06. The lowest BCUT2D eigenvalue weighted by atomic mass is 10.4. The molecule has 7 nitrogen and oxygen atoms in total. The third kappa shape index (κ3) is 3.40. The molecule has 0 aliphatic carbocycles. The van der Waals surface area contributed by atoms with Crippen molar-refractivity contribution in [1.29, 1.82) is 0 Å². The van der Waals surface area contributed by atoms with Gasteiger partial charge in [0.1, 0.15) is 12.9 Å². The first-order chi connectivity index (χ1) is 6.58. The Hall–Kier alpha value is -1.63. The molecule has 4 N–H and O–H groups in total. The zero-order valence-electron chi connectivity index (χ0n) is 7.84. The normalized spacial score (nSPS) is 12.4. The fraction of sp³-hybridized carbons (Fsp3) is 0.571. The molecule has 1 rings (SSSR count). The average molecular weight is 199 g/mol. The summed E-state index contributed by atoms with van der Waals surface area (Å²) in [5.74, 6) is -0.107. The van der Waals surface area contributed by atoms with Gasteiger partial charge < -0.3 is 16.2 Å². The molecule has 1 atom stereocenters. The Morgan fingerprint density at radius 1 is 1.86 bits per heavy atom. The molecule has 0 aliphatic rings. The molecule has 1 heterocycles. The summed E-state index contributed by atoms with van der Waals surface area (Å²) in [4.78, 5) is 14.8. The summed E-state index contributed by atoms with van der Waals surface area (Å²) < 4.78 is 1.33. The minimum atomic E-state index is -0.556. The summed E-state index contributed by atoms with van der Waals surface area (Å²) in [7, 11) is 0. The first-order valence-electron chi connectivity index (χ1n) is 4.17. The summed E-state index contributed by atoms with van der Waals surface area (Å²) in [6.45, 7) is 1.87. The van der Waals surface area contributed by atoms with Gasteiger partial charge in [-0.25, -0.2) is 9.67 Å². The van der Waals surface area contributed by atoms with Crippen LogP contribution in [0.2, 0.25) is 0 Å². The van der Waals surface area contributed by atoms with Gasteiger partial charge in [-0.1, -0.05) is 0 Å². The van der Waals surface area contributed by atoms with E-state index in [2.05, 4.69) is 15.4 Å². The van der Waals surface area contributed by atoms with E-state index in [0.717, 1.165) is 0 Å². The highest BCUT2D eigenvalue weighted by Gasteiger charge is 2.04. The molecule has 0 saturated carbocycles. The van der Waals surface area contributed by atoms with Crippen molar-refractivity contribution in [2.24, 2.45) is 0 Å². The number of anilines is 1. The van der Waals surface area contributed by atoms with Crippen LogP contribution in [0.3, 0.4) is 0 Å². The number of hydrogen-bond donors (Lipinski definition) is 3. The van der Waals surface area contributed by atoms with Gasteiger partial charge in [0, 0.05) is 6.54 Å². The van der Waals surface area contributed by atoms with Crippen LogP contribution in [0, 0.1) is 0 Å². The van der Waals surface area contributed by atoms with Gasteiger partial charge in [0.05, 0.1) is 6.10 Å². The second-order valence-electron chi connectivity index (χ2n) is 2.95. The van der Waals surface area contributed by atoms with E-state index in [1.54, 1.807) is 6.92 Å². The van der Waals surface area contributed by atoms with Crippen molar-refractivity contribution in [2.75, 3.05) is 12.3 Å². The molecule has 0 saturated heterocycles. The first-order valence-corrected chi connectivity index (χ1v) is 4.17. The van der Waals surface area contributed by atoms with Crippen LogP contribution in [0.15, 0.2) is 6.33 Å². The minimum absolute atomic E-state index is 0.0525. The molecule has 14 heavy (non-hydrogen) atoms. The van der Waals surface area contributed by atoms with Crippen LogP contribution in [0.25, 0.3) is 0 Å². The highest BCUT2D eigenvalue weighted by atomic mass is 16.3. The molecule has 0 aromatic carbocycles. The van der Waals surface area contributed by atoms with Crippen LogP contribution >= 0.6 is 0 Å². The highest BCUT2D eigenvalue weighted by molar-refractivity contribution is 5.75. The smallest absolute Gasteiger partial charge is 0.241 e. The molecule has 1 amide bonds. The number of nitrogen functional groups attached to an aromatic ring is 1. The van der Waals surface area contributed by atoms with Gasteiger partial charge in [-0.05, 0) is 6.92 Å². The second kappa shape index (κ2) is 4.56. The van der Waals surface area contributed by atoms with Crippen molar-refractivity contribution < 1.29 is 9.90 Å². The van der Waals surface area contributed by atoms with Gasteiger partial charge in [0.15, 0.2) is 0 Å². The van der Waals surface area contributed by atoms with E-state index in [-0.39, 0.29) is 24.9 Å². The number of carbonyl (C=O) groups is 1. The molecule has 0 radical (unpaired) electrons. The second-order valence-corrected chi connectivity index (χ2v) is 2.95. The Balaban J connectivity index is 2.34. The van der Waals surface area contributed by atoms with Gasteiger partial charge in [0.2, 0.25) is 11.9 Å². The van der Waals surface area contributed by atoms with E-state index in [9.17, 15) is 4.79 Å². The molecule has 0 fully saturated rings. The van der Waals surface area contributed by atoms with Crippen molar-refractivity contribution in [3.05, 3.63) is 6.33 Å². The van der Waals surface area contributed by atoms with Crippen LogP contribution < -0.4 is 11.1 Å². The minimum Gasteiger partial charge on any atom is -0.392 e. The predicted octanol–water partition coefficient (Wildman–Crippen LogP) is -1.64. The molecule has 1 aromatic rings. The Morgan fingerprint density at radius 2 is 2.57 bits per heavy atom. The average Bonchev–Trinajstić information content (AvgIpc) is 2.48. The predicted molar refractivity (Wildman–Crippen MR) is 49.1 cm³/mol. The third-order valence-electron chi connectivity index (χ3n) is 1.45. The van der Waals surface area contributed by atoms with Crippen molar-refractivity contribution in [3.8, 4) is 0 Å². The maximum absolute atomic E-state index is 11.2. The largest absolute Gasteiger partial charge is 0.392 e. The summed E-state index contributed by atoms with van der Waals surface area (Å²) in [6.07, 6.45) is 0.817. The fourth-order valence-corrected chi connectivity index (χ4v) is 0.850. The molecule has 0 bridgehead atoms. The Kier molecular flexibility index (Phi) is 3.41. The fourth-order valence-electron chi connectivity index (χ4n) is 0.850.